The van der Waals surface area contributed by atoms with E-state index in [-0.39, 0.29) is 18.9 Å². The fourth-order valence-corrected chi connectivity index (χ4v) is 6.60. The minimum absolute atomic E-state index is 0.0852. The Morgan fingerprint density at radius 1 is 1.28 bits per heavy atom. The van der Waals surface area contributed by atoms with E-state index < -0.39 is 17.9 Å². The standard InChI is InChI=1S/C27H34ClFN4O3/c1-16-19(28)3-2-4-21(16)31-10-6-27(36,7-11-31)8-12-33-22-14-17-13-18(17)24(22)25(30-33)26(35)32-9-5-23(34)20(29)15-32/h2-4,17-18,20,23,34,36H,5-15H2,1H3/t17-,18-,20+,23-/m1/s1. The molecule has 36 heavy (non-hydrogen) atoms. The van der Waals surface area contributed by atoms with Gasteiger partial charge >= 0.3 is 0 Å². The number of piperidine rings is 2. The SMILES string of the molecule is Cc1c(Cl)cccc1N1CCC(O)(CCn2nc(C(=O)N3CC[C@@H](O)[C@@H](F)C3)c3c2C[C@H]2C[C@@H]32)CC1. The molecule has 2 aliphatic carbocycles. The summed E-state index contributed by atoms with van der Waals surface area (Å²) >= 11 is 6.31. The Labute approximate surface area is 215 Å². The Bertz CT molecular complexity index is 1180. The fraction of sp³-hybridized carbons (Fsp3) is 0.630. The second-order valence-corrected chi connectivity index (χ2v) is 11.6. The third kappa shape index (κ3) is 4.21. The van der Waals surface area contributed by atoms with E-state index in [1.165, 1.54) is 4.90 Å². The van der Waals surface area contributed by atoms with Crippen LogP contribution in [0.2, 0.25) is 5.02 Å². The van der Waals surface area contributed by atoms with Crippen molar-refractivity contribution in [3.63, 3.8) is 0 Å². The van der Waals surface area contributed by atoms with Gasteiger partial charge in [-0.15, -0.1) is 0 Å². The number of halogens is 2. The molecule has 1 aromatic heterocycles. The van der Waals surface area contributed by atoms with Crippen LogP contribution in [0.25, 0.3) is 0 Å². The van der Waals surface area contributed by atoms with Gasteiger partial charge in [0.25, 0.3) is 5.91 Å². The highest BCUT2D eigenvalue weighted by Crippen LogP contribution is 2.57. The number of rotatable bonds is 5. The van der Waals surface area contributed by atoms with E-state index in [0.717, 1.165) is 53.5 Å². The summed E-state index contributed by atoms with van der Waals surface area (Å²) in [5.41, 5.74) is 4.02. The molecule has 2 aromatic rings. The normalized spacial score (nSPS) is 28.7. The second-order valence-electron chi connectivity index (χ2n) is 11.2. The number of benzene rings is 1. The Kier molecular flexibility index (Phi) is 6.04. The lowest BCUT2D eigenvalue weighted by Gasteiger charge is -2.40. The summed E-state index contributed by atoms with van der Waals surface area (Å²) in [5, 5.41) is 26.6. The van der Waals surface area contributed by atoms with Gasteiger partial charge in [-0.25, -0.2) is 4.39 Å². The molecule has 1 saturated carbocycles. The Hall–Kier alpha value is -2.16. The molecule has 0 bridgehead atoms. The molecule has 3 heterocycles. The van der Waals surface area contributed by atoms with Gasteiger partial charge in [-0.1, -0.05) is 17.7 Å². The molecule has 2 aliphatic heterocycles. The first-order chi connectivity index (χ1) is 17.2. The molecule has 2 N–H and O–H groups in total. The summed E-state index contributed by atoms with van der Waals surface area (Å²) < 4.78 is 16.0. The predicted octanol–water partition coefficient (Wildman–Crippen LogP) is 3.47. The molecule has 4 aliphatic rings. The molecule has 1 amide bonds. The number of aryl methyl sites for hydroxylation is 1. The van der Waals surface area contributed by atoms with E-state index in [2.05, 4.69) is 11.0 Å². The van der Waals surface area contributed by atoms with Crippen molar-refractivity contribution in [2.75, 3.05) is 31.1 Å². The monoisotopic (exact) mass is 516 g/mol. The zero-order valence-corrected chi connectivity index (χ0v) is 21.4. The highest BCUT2D eigenvalue weighted by Gasteiger charge is 2.50. The van der Waals surface area contributed by atoms with Crippen LogP contribution < -0.4 is 4.90 Å². The number of hydrogen-bond acceptors (Lipinski definition) is 5. The summed E-state index contributed by atoms with van der Waals surface area (Å²) in [7, 11) is 0. The van der Waals surface area contributed by atoms with Crippen LogP contribution in [0, 0.1) is 12.8 Å². The highest BCUT2D eigenvalue weighted by atomic mass is 35.5. The molecule has 6 rings (SSSR count). The quantitative estimate of drug-likeness (QED) is 0.636. The van der Waals surface area contributed by atoms with Gasteiger partial charge in [-0.2, -0.15) is 5.10 Å². The maximum absolute atomic E-state index is 14.1. The maximum Gasteiger partial charge on any atom is 0.274 e. The van der Waals surface area contributed by atoms with E-state index >= 15 is 0 Å². The van der Waals surface area contributed by atoms with Gasteiger partial charge in [0.1, 0.15) is 6.17 Å². The van der Waals surface area contributed by atoms with Gasteiger partial charge in [0.15, 0.2) is 5.69 Å². The topological polar surface area (TPSA) is 81.8 Å². The van der Waals surface area contributed by atoms with Crippen molar-refractivity contribution in [3.8, 4) is 0 Å². The first kappa shape index (κ1) is 24.2. The van der Waals surface area contributed by atoms with E-state index in [0.29, 0.717) is 49.9 Å². The van der Waals surface area contributed by atoms with Gasteiger partial charge in [0.2, 0.25) is 0 Å². The maximum atomic E-state index is 14.1. The molecule has 7 nitrogen and oxygen atoms in total. The number of anilines is 1. The van der Waals surface area contributed by atoms with Crippen LogP contribution in [-0.2, 0) is 13.0 Å². The van der Waals surface area contributed by atoms with E-state index in [4.69, 9.17) is 16.7 Å². The van der Waals surface area contributed by atoms with Gasteiger partial charge in [0.05, 0.1) is 18.2 Å². The molecule has 0 spiro atoms. The van der Waals surface area contributed by atoms with E-state index in [9.17, 15) is 19.4 Å². The molecule has 0 radical (unpaired) electrons. The van der Waals surface area contributed by atoms with Crippen LogP contribution in [0.5, 0.6) is 0 Å². The molecule has 2 saturated heterocycles. The number of amides is 1. The number of fused-ring (bicyclic) bond motifs is 3. The van der Waals surface area contributed by atoms with Crippen LogP contribution in [0.1, 0.15) is 65.3 Å². The molecular formula is C27H34ClFN4O3. The van der Waals surface area contributed by atoms with Crippen molar-refractivity contribution in [2.24, 2.45) is 5.92 Å². The van der Waals surface area contributed by atoms with Gasteiger partial charge in [0, 0.05) is 48.1 Å². The first-order valence-electron chi connectivity index (χ1n) is 13.2. The summed E-state index contributed by atoms with van der Waals surface area (Å²) in [4.78, 5) is 17.1. The summed E-state index contributed by atoms with van der Waals surface area (Å²) in [5.74, 6) is 0.743. The van der Waals surface area contributed by atoms with Crippen molar-refractivity contribution in [1.82, 2.24) is 14.7 Å². The van der Waals surface area contributed by atoms with Gasteiger partial charge in [-0.3, -0.25) is 9.48 Å². The van der Waals surface area contributed by atoms with Crippen LogP contribution in [0.15, 0.2) is 18.2 Å². The lowest BCUT2D eigenvalue weighted by Crippen LogP contribution is -2.47. The van der Waals surface area contributed by atoms with Crippen molar-refractivity contribution >= 4 is 23.2 Å². The van der Waals surface area contributed by atoms with Crippen LogP contribution in [0.4, 0.5) is 10.1 Å². The van der Waals surface area contributed by atoms with Crippen LogP contribution in [0.3, 0.4) is 0 Å². The summed E-state index contributed by atoms with van der Waals surface area (Å²) in [6.45, 7) is 4.37. The van der Waals surface area contributed by atoms with Crippen molar-refractivity contribution < 1.29 is 19.4 Å². The fourth-order valence-electron chi connectivity index (χ4n) is 6.43. The molecule has 4 atom stereocenters. The lowest BCUT2D eigenvalue weighted by molar-refractivity contribution is 0.00316. The third-order valence-electron chi connectivity index (χ3n) is 8.91. The largest absolute Gasteiger partial charge is 0.390 e. The Balaban J connectivity index is 1.14. The number of carbonyl (C=O) groups is 1. The zero-order chi connectivity index (χ0) is 25.2. The Morgan fingerprint density at radius 2 is 2.06 bits per heavy atom. The predicted molar refractivity (Wildman–Crippen MR) is 135 cm³/mol. The number of carbonyl (C=O) groups excluding carboxylic acids is 1. The Morgan fingerprint density at radius 3 is 2.81 bits per heavy atom. The average molecular weight is 517 g/mol. The smallest absolute Gasteiger partial charge is 0.274 e. The number of likely N-dealkylation sites (tertiary alicyclic amines) is 1. The number of hydrogen-bond donors (Lipinski definition) is 2. The first-order valence-corrected chi connectivity index (χ1v) is 13.6. The summed E-state index contributed by atoms with van der Waals surface area (Å²) in [6, 6.07) is 5.94. The number of aliphatic hydroxyl groups is 2. The number of aliphatic hydroxyl groups excluding tert-OH is 1. The average Bonchev–Trinajstić information content (AvgIpc) is 3.38. The summed E-state index contributed by atoms with van der Waals surface area (Å²) in [6.07, 6.45) is 1.75. The molecular weight excluding hydrogens is 483 g/mol. The highest BCUT2D eigenvalue weighted by molar-refractivity contribution is 6.31. The van der Waals surface area contributed by atoms with Crippen molar-refractivity contribution in [1.29, 1.82) is 0 Å². The molecule has 194 valence electrons. The minimum Gasteiger partial charge on any atom is -0.390 e. The van der Waals surface area contributed by atoms with Gasteiger partial charge in [-0.05, 0) is 75.0 Å². The number of alkyl halides is 1. The van der Waals surface area contributed by atoms with Crippen molar-refractivity contribution in [2.45, 2.75) is 75.8 Å². The lowest BCUT2D eigenvalue weighted by atomic mass is 9.87. The second kappa shape index (κ2) is 8.99. The minimum atomic E-state index is -1.41. The van der Waals surface area contributed by atoms with Crippen molar-refractivity contribution in [3.05, 3.63) is 45.7 Å². The molecule has 1 aromatic carbocycles. The van der Waals surface area contributed by atoms with E-state index in [1.54, 1.807) is 0 Å². The van der Waals surface area contributed by atoms with Crippen LogP contribution in [-0.4, -0.2) is 74.9 Å². The van der Waals surface area contributed by atoms with E-state index in [1.807, 2.05) is 23.7 Å². The zero-order valence-electron chi connectivity index (χ0n) is 20.7. The van der Waals surface area contributed by atoms with Gasteiger partial charge < -0.3 is 20.0 Å². The molecule has 3 fully saturated rings. The number of nitrogens with zero attached hydrogens (tertiary/aromatic N) is 4. The molecule has 0 unspecified atom stereocenters. The van der Waals surface area contributed by atoms with Crippen LogP contribution >= 0.6 is 11.6 Å². The third-order valence-corrected chi connectivity index (χ3v) is 9.32. The number of aromatic nitrogens is 2. The molecule has 9 heteroatoms.